The van der Waals surface area contributed by atoms with Gasteiger partial charge in [0.25, 0.3) is 0 Å². The highest BCUT2D eigenvalue weighted by molar-refractivity contribution is 9.10. The second-order valence-corrected chi connectivity index (χ2v) is 3.99. The Hall–Kier alpha value is -0.700. The van der Waals surface area contributed by atoms with Crippen molar-refractivity contribution < 1.29 is 9.18 Å². The van der Waals surface area contributed by atoms with E-state index in [2.05, 4.69) is 15.9 Å². The number of Topliss-reactive ketones (excluding diaryl/α,β-unsaturated/α-hetero) is 1. The molecule has 0 spiro atoms. The summed E-state index contributed by atoms with van der Waals surface area (Å²) in [7, 11) is 0. The monoisotopic (exact) mass is 242 g/mol. The smallest absolute Gasteiger partial charge is 0.140 e. The Balaban J connectivity index is 2.40. The van der Waals surface area contributed by atoms with Gasteiger partial charge < -0.3 is 0 Å². The zero-order valence-electron chi connectivity index (χ0n) is 6.89. The molecule has 1 fully saturated rings. The molecule has 1 saturated carbocycles. The standard InChI is InChI=1S/C10H8BrFO/c11-10-7(2-1-3-8(10)12)6-4-5-9(6)13/h1-3,6H,4-5H2. The number of carbonyl (C=O) groups excluding carboxylic acids is 1. The molecule has 13 heavy (non-hydrogen) atoms. The molecule has 0 saturated heterocycles. The highest BCUT2D eigenvalue weighted by atomic mass is 79.9. The van der Waals surface area contributed by atoms with Crippen LogP contribution < -0.4 is 0 Å². The van der Waals surface area contributed by atoms with Gasteiger partial charge in [0.2, 0.25) is 0 Å². The number of hydrogen-bond acceptors (Lipinski definition) is 1. The average molecular weight is 243 g/mol. The van der Waals surface area contributed by atoms with E-state index < -0.39 is 0 Å². The summed E-state index contributed by atoms with van der Waals surface area (Å²) in [4.78, 5) is 11.2. The molecule has 1 aliphatic carbocycles. The molecule has 3 heteroatoms. The number of carbonyl (C=O) groups is 1. The molecule has 68 valence electrons. The maximum absolute atomic E-state index is 13.1. The molecule has 1 atom stereocenters. The first-order chi connectivity index (χ1) is 6.20. The van der Waals surface area contributed by atoms with Crippen molar-refractivity contribution in [2.75, 3.05) is 0 Å². The molecule has 1 aromatic rings. The Morgan fingerprint density at radius 1 is 1.46 bits per heavy atom. The van der Waals surface area contributed by atoms with Crippen molar-refractivity contribution in [2.24, 2.45) is 0 Å². The van der Waals surface area contributed by atoms with Crippen molar-refractivity contribution in [1.29, 1.82) is 0 Å². The minimum atomic E-state index is -0.294. The summed E-state index contributed by atoms with van der Waals surface area (Å²) in [5.74, 6) is -0.159. The van der Waals surface area contributed by atoms with E-state index in [0.29, 0.717) is 10.9 Å². The van der Waals surface area contributed by atoms with Crippen molar-refractivity contribution >= 4 is 21.7 Å². The summed E-state index contributed by atoms with van der Waals surface area (Å²) in [6.07, 6.45) is 1.48. The fourth-order valence-electron chi connectivity index (χ4n) is 1.53. The Kier molecular flexibility index (Phi) is 2.20. The van der Waals surface area contributed by atoms with Gasteiger partial charge in [0, 0.05) is 12.3 Å². The fraction of sp³-hybridized carbons (Fsp3) is 0.300. The maximum Gasteiger partial charge on any atom is 0.140 e. The molecule has 1 unspecified atom stereocenters. The summed E-state index contributed by atoms with van der Waals surface area (Å²) < 4.78 is 13.5. The van der Waals surface area contributed by atoms with Crippen LogP contribution in [0.3, 0.4) is 0 Å². The van der Waals surface area contributed by atoms with E-state index in [-0.39, 0.29) is 17.5 Å². The van der Waals surface area contributed by atoms with E-state index in [1.165, 1.54) is 6.07 Å². The van der Waals surface area contributed by atoms with Gasteiger partial charge in [-0.25, -0.2) is 4.39 Å². The van der Waals surface area contributed by atoms with E-state index in [4.69, 9.17) is 0 Å². The van der Waals surface area contributed by atoms with Gasteiger partial charge in [0.15, 0.2) is 0 Å². The molecule has 1 nitrogen and oxygen atoms in total. The highest BCUT2D eigenvalue weighted by Gasteiger charge is 2.31. The van der Waals surface area contributed by atoms with Crippen LogP contribution in [0.25, 0.3) is 0 Å². The second-order valence-electron chi connectivity index (χ2n) is 3.20. The number of benzene rings is 1. The molecule has 0 amide bonds. The minimum Gasteiger partial charge on any atom is -0.299 e. The average Bonchev–Trinajstić information content (AvgIpc) is 2.10. The molecule has 1 aliphatic rings. The third kappa shape index (κ3) is 1.41. The molecule has 0 aromatic heterocycles. The van der Waals surface area contributed by atoms with Gasteiger partial charge in [-0.3, -0.25) is 4.79 Å². The zero-order valence-corrected chi connectivity index (χ0v) is 8.47. The van der Waals surface area contributed by atoms with Crippen molar-refractivity contribution in [3.63, 3.8) is 0 Å². The molecule has 0 N–H and O–H groups in total. The van der Waals surface area contributed by atoms with Crippen LogP contribution in [-0.4, -0.2) is 5.78 Å². The molecular weight excluding hydrogens is 235 g/mol. The highest BCUT2D eigenvalue weighted by Crippen LogP contribution is 2.37. The van der Waals surface area contributed by atoms with Gasteiger partial charge >= 0.3 is 0 Å². The van der Waals surface area contributed by atoms with Gasteiger partial charge in [0.1, 0.15) is 11.6 Å². The Labute approximate surface area is 84.1 Å². The molecule has 1 aromatic carbocycles. The first kappa shape index (κ1) is 8.88. The van der Waals surface area contributed by atoms with E-state index in [0.717, 1.165) is 12.0 Å². The molecule has 0 aliphatic heterocycles. The molecule has 0 heterocycles. The molecular formula is C10H8BrFO. The van der Waals surface area contributed by atoms with Gasteiger partial charge in [-0.05, 0) is 34.0 Å². The first-order valence-electron chi connectivity index (χ1n) is 4.17. The molecule has 0 bridgehead atoms. The lowest BCUT2D eigenvalue weighted by Crippen LogP contribution is -2.23. The SMILES string of the molecule is O=C1CCC1c1cccc(F)c1Br. The van der Waals surface area contributed by atoms with Gasteiger partial charge in [-0.1, -0.05) is 12.1 Å². The van der Waals surface area contributed by atoms with E-state index in [1.54, 1.807) is 12.1 Å². The first-order valence-corrected chi connectivity index (χ1v) is 4.96. The van der Waals surface area contributed by atoms with Gasteiger partial charge in [-0.2, -0.15) is 0 Å². The van der Waals surface area contributed by atoms with Gasteiger partial charge in [0.05, 0.1) is 4.47 Å². The summed E-state index contributed by atoms with van der Waals surface area (Å²) >= 11 is 3.16. The Morgan fingerprint density at radius 3 is 2.77 bits per heavy atom. The number of halogens is 2. The predicted molar refractivity (Wildman–Crippen MR) is 51.1 cm³/mol. The van der Waals surface area contributed by atoms with Crippen LogP contribution in [0.5, 0.6) is 0 Å². The zero-order chi connectivity index (χ0) is 9.42. The van der Waals surface area contributed by atoms with Crippen molar-refractivity contribution in [3.8, 4) is 0 Å². The topological polar surface area (TPSA) is 17.1 Å². The normalized spacial score (nSPS) is 21.4. The summed E-state index contributed by atoms with van der Waals surface area (Å²) in [5.41, 5.74) is 0.788. The maximum atomic E-state index is 13.1. The van der Waals surface area contributed by atoms with Gasteiger partial charge in [-0.15, -0.1) is 0 Å². The number of hydrogen-bond donors (Lipinski definition) is 0. The Morgan fingerprint density at radius 2 is 2.23 bits per heavy atom. The summed E-state index contributed by atoms with van der Waals surface area (Å²) in [6, 6.07) is 4.83. The minimum absolute atomic E-state index is 0.0786. The van der Waals surface area contributed by atoms with Crippen LogP contribution >= 0.6 is 15.9 Å². The lowest BCUT2D eigenvalue weighted by molar-refractivity contribution is -0.125. The second kappa shape index (κ2) is 3.22. The largest absolute Gasteiger partial charge is 0.299 e. The van der Waals surface area contributed by atoms with E-state index in [9.17, 15) is 9.18 Å². The molecule has 0 radical (unpaired) electrons. The van der Waals surface area contributed by atoms with E-state index in [1.807, 2.05) is 0 Å². The lowest BCUT2D eigenvalue weighted by Gasteiger charge is -2.25. The van der Waals surface area contributed by atoms with Crippen LogP contribution in [0.1, 0.15) is 24.3 Å². The third-order valence-corrected chi connectivity index (χ3v) is 3.26. The number of ketones is 1. The van der Waals surface area contributed by atoms with Crippen LogP contribution in [0.2, 0.25) is 0 Å². The van der Waals surface area contributed by atoms with Crippen molar-refractivity contribution in [3.05, 3.63) is 34.1 Å². The molecule has 2 rings (SSSR count). The fourth-order valence-corrected chi connectivity index (χ4v) is 2.07. The Bertz CT molecular complexity index is 362. The summed E-state index contributed by atoms with van der Waals surface area (Å²) in [6.45, 7) is 0. The lowest BCUT2D eigenvalue weighted by atomic mass is 9.79. The van der Waals surface area contributed by atoms with Crippen LogP contribution in [0.4, 0.5) is 4.39 Å². The predicted octanol–water partition coefficient (Wildman–Crippen LogP) is 3.03. The quantitative estimate of drug-likeness (QED) is 0.740. The van der Waals surface area contributed by atoms with Crippen LogP contribution in [-0.2, 0) is 4.79 Å². The van der Waals surface area contributed by atoms with Crippen molar-refractivity contribution in [2.45, 2.75) is 18.8 Å². The third-order valence-electron chi connectivity index (χ3n) is 2.42. The summed E-state index contributed by atoms with van der Waals surface area (Å²) in [5, 5.41) is 0. The number of rotatable bonds is 1. The van der Waals surface area contributed by atoms with E-state index >= 15 is 0 Å². The van der Waals surface area contributed by atoms with Crippen molar-refractivity contribution in [1.82, 2.24) is 0 Å². The van der Waals surface area contributed by atoms with Crippen LogP contribution in [0.15, 0.2) is 22.7 Å². The van der Waals surface area contributed by atoms with Crippen LogP contribution in [0, 0.1) is 5.82 Å².